The fourth-order valence-electron chi connectivity index (χ4n) is 4.72. The molecule has 0 radical (unpaired) electrons. The fourth-order valence-corrected chi connectivity index (χ4v) is 4.72. The quantitative estimate of drug-likeness (QED) is 0.410. The fraction of sp³-hybridized carbons (Fsp3) is 0.192. The summed E-state index contributed by atoms with van der Waals surface area (Å²) in [5.41, 5.74) is 10.1. The monoisotopic (exact) mass is 420 g/mol. The molecule has 1 unspecified atom stereocenters. The van der Waals surface area contributed by atoms with Crippen molar-refractivity contribution in [2.45, 2.75) is 20.3 Å². The molecule has 32 heavy (non-hydrogen) atoms. The zero-order valence-electron chi connectivity index (χ0n) is 18.4. The maximum atomic E-state index is 4.72. The molecule has 5 heterocycles. The predicted octanol–water partition coefficient (Wildman–Crippen LogP) is 5.65. The number of aryl methyl sites for hydroxylation is 1. The molecule has 0 aliphatic heterocycles. The lowest BCUT2D eigenvalue weighted by atomic mass is 9.89. The zero-order chi connectivity index (χ0) is 21.8. The van der Waals surface area contributed by atoms with Gasteiger partial charge in [-0.2, -0.15) is 10.2 Å². The van der Waals surface area contributed by atoms with Crippen molar-refractivity contribution in [3.8, 4) is 22.3 Å². The Labute approximate surface area is 185 Å². The summed E-state index contributed by atoms with van der Waals surface area (Å²) in [5.74, 6) is 0.592. The molecule has 0 aromatic carbocycles. The highest BCUT2D eigenvalue weighted by Gasteiger charge is 2.16. The Hall–Kier alpha value is -3.93. The summed E-state index contributed by atoms with van der Waals surface area (Å²) < 4.78 is 3.72. The number of aromatic nitrogens is 6. The van der Waals surface area contributed by atoms with E-state index in [4.69, 9.17) is 4.98 Å². The van der Waals surface area contributed by atoms with E-state index >= 15 is 0 Å². The summed E-state index contributed by atoms with van der Waals surface area (Å²) in [4.78, 5) is 8.07. The Bertz CT molecular complexity index is 1540. The topological polar surface area (TPSA) is 63.8 Å². The van der Waals surface area contributed by atoms with Gasteiger partial charge in [-0.1, -0.05) is 19.1 Å². The van der Waals surface area contributed by atoms with Crippen LogP contribution in [-0.2, 0) is 7.05 Å². The van der Waals surface area contributed by atoms with E-state index in [1.54, 1.807) is 0 Å². The molecule has 1 aliphatic rings. The molecule has 5 aromatic heterocycles. The van der Waals surface area contributed by atoms with Crippen LogP contribution < -0.4 is 0 Å². The minimum atomic E-state index is 0.592. The summed E-state index contributed by atoms with van der Waals surface area (Å²) in [7, 11) is 1.93. The number of fused-ring (bicyclic) bond motifs is 2. The van der Waals surface area contributed by atoms with Crippen molar-refractivity contribution in [3.05, 3.63) is 78.7 Å². The Kier molecular flexibility index (Phi) is 4.15. The summed E-state index contributed by atoms with van der Waals surface area (Å²) in [6.45, 7) is 4.45. The van der Waals surface area contributed by atoms with Gasteiger partial charge in [-0.05, 0) is 54.2 Å². The molecule has 0 fully saturated rings. The van der Waals surface area contributed by atoms with Crippen molar-refractivity contribution in [2.75, 3.05) is 0 Å². The van der Waals surface area contributed by atoms with Gasteiger partial charge in [0.2, 0.25) is 0 Å². The summed E-state index contributed by atoms with van der Waals surface area (Å²) in [6.07, 6.45) is 17.6. The van der Waals surface area contributed by atoms with Gasteiger partial charge >= 0.3 is 0 Å². The molecule has 6 heteroatoms. The molecule has 6 rings (SSSR count). The van der Waals surface area contributed by atoms with Gasteiger partial charge in [-0.15, -0.1) is 0 Å². The van der Waals surface area contributed by atoms with Crippen LogP contribution in [0.1, 0.15) is 25.8 Å². The minimum absolute atomic E-state index is 0.592. The number of hydrogen-bond donors (Lipinski definition) is 1. The third kappa shape index (κ3) is 2.99. The molecule has 1 atom stereocenters. The summed E-state index contributed by atoms with van der Waals surface area (Å²) in [5, 5.41) is 9.97. The molecule has 1 N–H and O–H groups in total. The van der Waals surface area contributed by atoms with Crippen molar-refractivity contribution in [1.82, 2.24) is 29.4 Å². The van der Waals surface area contributed by atoms with E-state index in [9.17, 15) is 0 Å². The lowest BCUT2D eigenvalue weighted by Crippen LogP contribution is -1.99. The number of nitrogens with one attached hydrogen (secondary N) is 1. The normalized spacial score (nSPS) is 16.5. The lowest BCUT2D eigenvalue weighted by molar-refractivity contribution is 0.732. The smallest absolute Gasteiger partial charge is 0.137 e. The van der Waals surface area contributed by atoms with Crippen LogP contribution in [0.15, 0.2) is 73.1 Å². The van der Waals surface area contributed by atoms with Gasteiger partial charge in [0, 0.05) is 59.5 Å². The molecule has 0 amide bonds. The predicted molar refractivity (Wildman–Crippen MR) is 128 cm³/mol. The molecule has 1 aliphatic carbocycles. The van der Waals surface area contributed by atoms with Crippen molar-refractivity contribution >= 4 is 22.1 Å². The van der Waals surface area contributed by atoms with Crippen molar-refractivity contribution in [3.63, 3.8) is 0 Å². The van der Waals surface area contributed by atoms with Gasteiger partial charge in [0.15, 0.2) is 0 Å². The third-order valence-electron chi connectivity index (χ3n) is 6.34. The zero-order valence-corrected chi connectivity index (χ0v) is 18.4. The van der Waals surface area contributed by atoms with Crippen molar-refractivity contribution in [2.24, 2.45) is 13.0 Å². The SMILES string of the molecule is CC1=CC(C)CC=C1c1cnc2[nH]cc(-c3ccn4ncc(-c5cnn(C)c5)c4c3)c2c1. The molecular weight excluding hydrogens is 396 g/mol. The second-order valence-electron chi connectivity index (χ2n) is 8.71. The molecule has 158 valence electrons. The van der Waals surface area contributed by atoms with Gasteiger partial charge in [0.05, 0.1) is 17.9 Å². The molecular formula is C26H24N6. The molecule has 0 spiro atoms. The Morgan fingerprint density at radius 1 is 1.03 bits per heavy atom. The average molecular weight is 421 g/mol. The van der Waals surface area contributed by atoms with Crippen LogP contribution in [0.3, 0.4) is 0 Å². The molecule has 0 saturated heterocycles. The second kappa shape index (κ2) is 7.05. The summed E-state index contributed by atoms with van der Waals surface area (Å²) >= 11 is 0. The second-order valence-corrected chi connectivity index (χ2v) is 8.71. The number of pyridine rings is 2. The Morgan fingerprint density at radius 2 is 1.94 bits per heavy atom. The maximum Gasteiger partial charge on any atom is 0.137 e. The number of aromatic amines is 1. The number of hydrogen-bond acceptors (Lipinski definition) is 3. The molecule has 0 saturated carbocycles. The van der Waals surface area contributed by atoms with Crippen LogP contribution in [0.2, 0.25) is 0 Å². The van der Waals surface area contributed by atoms with Gasteiger partial charge in [0.25, 0.3) is 0 Å². The van der Waals surface area contributed by atoms with Crippen LogP contribution in [0, 0.1) is 5.92 Å². The first-order valence-electron chi connectivity index (χ1n) is 10.9. The van der Waals surface area contributed by atoms with Crippen LogP contribution in [0.4, 0.5) is 0 Å². The van der Waals surface area contributed by atoms with Crippen molar-refractivity contribution in [1.29, 1.82) is 0 Å². The van der Waals surface area contributed by atoms with E-state index in [0.717, 1.165) is 45.2 Å². The first-order valence-corrected chi connectivity index (χ1v) is 10.9. The standard InChI is InChI=1S/C26H24N6/c1-16-4-5-21(17(2)8-16)19-9-22-23(13-28-26(22)27-11-19)18-6-7-32-25(10-18)24(14-30-32)20-12-29-31(3)15-20/h5-16H,4H2,1-3H3,(H,27,28). The highest BCUT2D eigenvalue weighted by Crippen LogP contribution is 2.35. The van der Waals surface area contributed by atoms with E-state index in [1.807, 2.05) is 53.4 Å². The lowest BCUT2D eigenvalue weighted by Gasteiger charge is -2.17. The van der Waals surface area contributed by atoms with Gasteiger partial charge in [0.1, 0.15) is 5.65 Å². The third-order valence-corrected chi connectivity index (χ3v) is 6.34. The Balaban J connectivity index is 1.47. The number of rotatable bonds is 3. The van der Waals surface area contributed by atoms with Gasteiger partial charge in [-0.25, -0.2) is 9.50 Å². The van der Waals surface area contributed by atoms with Gasteiger partial charge in [-0.3, -0.25) is 4.68 Å². The Morgan fingerprint density at radius 3 is 2.75 bits per heavy atom. The van der Waals surface area contributed by atoms with Crippen molar-refractivity contribution < 1.29 is 0 Å². The van der Waals surface area contributed by atoms with E-state index in [0.29, 0.717) is 5.92 Å². The largest absolute Gasteiger partial charge is 0.346 e. The minimum Gasteiger partial charge on any atom is -0.346 e. The average Bonchev–Trinajstić information content (AvgIpc) is 3.50. The van der Waals surface area contributed by atoms with Gasteiger partial charge < -0.3 is 4.98 Å². The van der Waals surface area contributed by atoms with Crippen LogP contribution in [0.5, 0.6) is 0 Å². The van der Waals surface area contributed by atoms with Crippen LogP contribution >= 0.6 is 0 Å². The van der Waals surface area contributed by atoms with E-state index in [1.165, 1.54) is 16.7 Å². The maximum absolute atomic E-state index is 4.72. The highest BCUT2D eigenvalue weighted by molar-refractivity contribution is 5.97. The molecule has 6 nitrogen and oxygen atoms in total. The van der Waals surface area contributed by atoms with E-state index in [2.05, 4.69) is 59.4 Å². The van der Waals surface area contributed by atoms with Crippen LogP contribution in [0.25, 0.3) is 44.4 Å². The number of H-pyrrole nitrogens is 1. The molecule has 5 aromatic rings. The van der Waals surface area contributed by atoms with E-state index in [-0.39, 0.29) is 0 Å². The first kappa shape index (κ1) is 18.8. The molecule has 0 bridgehead atoms. The van der Waals surface area contributed by atoms with E-state index < -0.39 is 0 Å². The number of nitrogens with zero attached hydrogens (tertiary/aromatic N) is 5. The van der Waals surface area contributed by atoms with Crippen LogP contribution in [-0.4, -0.2) is 29.4 Å². The summed E-state index contributed by atoms with van der Waals surface area (Å²) in [6, 6.07) is 6.56. The number of allylic oxidation sites excluding steroid dienone is 4. The first-order chi connectivity index (χ1) is 15.6. The highest BCUT2D eigenvalue weighted by atomic mass is 15.2.